The van der Waals surface area contributed by atoms with Crippen molar-refractivity contribution in [1.82, 2.24) is 4.90 Å². The third-order valence-corrected chi connectivity index (χ3v) is 7.26. The van der Waals surface area contributed by atoms with Gasteiger partial charge in [0, 0.05) is 25.4 Å². The molecule has 4 rings (SSSR count). The Kier molecular flexibility index (Phi) is 9.30. The van der Waals surface area contributed by atoms with Crippen molar-refractivity contribution in [2.24, 2.45) is 17.6 Å². The molecule has 0 saturated carbocycles. The molecule has 37 heavy (non-hydrogen) atoms. The molecule has 2 N–H and O–H groups in total. The number of benzene rings is 3. The third kappa shape index (κ3) is 7.91. The second kappa shape index (κ2) is 13.0. The molecule has 1 aliphatic heterocycles. The Bertz CT molecular complexity index is 1160. The number of likely N-dealkylation sites (tertiary alicyclic amines) is 1. The van der Waals surface area contributed by atoms with Gasteiger partial charge in [0.1, 0.15) is 18.2 Å². The van der Waals surface area contributed by atoms with Crippen LogP contribution in [0.25, 0.3) is 0 Å². The second-order valence-electron chi connectivity index (χ2n) is 9.81. The standard InChI is InChI=1S/C31H35FN2O3/c32-27-8-4-7-24(21-27)12-16-30(35)34-19-17-26(18-20-34)29(31(33)36)15-11-23-9-13-28(14-10-23)37-22-25-5-2-1-3-6-25/h1-10,13-14,21,26,29H,11-12,15-20,22H2,(H2,33,36). The van der Waals surface area contributed by atoms with Gasteiger partial charge in [0.25, 0.3) is 0 Å². The van der Waals surface area contributed by atoms with E-state index in [1.807, 2.05) is 65.6 Å². The number of halogens is 1. The summed E-state index contributed by atoms with van der Waals surface area (Å²) in [5.41, 5.74) is 8.89. The average Bonchev–Trinajstić information content (AvgIpc) is 2.92. The number of nitrogens with zero attached hydrogens (tertiary/aromatic N) is 1. The van der Waals surface area contributed by atoms with Crippen LogP contribution in [0.1, 0.15) is 42.4 Å². The van der Waals surface area contributed by atoms with Gasteiger partial charge in [0.05, 0.1) is 0 Å². The summed E-state index contributed by atoms with van der Waals surface area (Å²) in [6.07, 6.45) is 3.88. The molecule has 1 fully saturated rings. The molecule has 2 amide bonds. The van der Waals surface area contributed by atoms with Crippen molar-refractivity contribution in [3.05, 3.63) is 101 Å². The van der Waals surface area contributed by atoms with E-state index in [2.05, 4.69) is 0 Å². The number of hydrogen-bond acceptors (Lipinski definition) is 3. The van der Waals surface area contributed by atoms with Crippen molar-refractivity contribution in [1.29, 1.82) is 0 Å². The topological polar surface area (TPSA) is 72.6 Å². The molecule has 194 valence electrons. The Morgan fingerprint density at radius 2 is 1.59 bits per heavy atom. The molecule has 1 aliphatic rings. The highest BCUT2D eigenvalue weighted by atomic mass is 19.1. The molecule has 3 aromatic rings. The van der Waals surface area contributed by atoms with Crippen molar-refractivity contribution >= 4 is 11.8 Å². The SMILES string of the molecule is NC(=O)C(CCc1ccc(OCc2ccccc2)cc1)C1CCN(C(=O)CCc2cccc(F)c2)CC1. The third-order valence-electron chi connectivity index (χ3n) is 7.26. The van der Waals surface area contributed by atoms with Crippen LogP contribution in [0, 0.1) is 17.7 Å². The highest BCUT2D eigenvalue weighted by Gasteiger charge is 2.31. The predicted octanol–water partition coefficient (Wildman–Crippen LogP) is 5.31. The molecule has 0 radical (unpaired) electrons. The number of hydrogen-bond donors (Lipinski definition) is 1. The molecule has 5 nitrogen and oxygen atoms in total. The highest BCUT2D eigenvalue weighted by molar-refractivity contribution is 5.78. The molecule has 1 heterocycles. The fourth-order valence-electron chi connectivity index (χ4n) is 5.08. The summed E-state index contributed by atoms with van der Waals surface area (Å²) in [5.74, 6) is 0.312. The number of ether oxygens (including phenoxy) is 1. The number of primary amides is 1. The number of carbonyl (C=O) groups is 2. The fraction of sp³-hybridized carbons (Fsp3) is 0.355. The van der Waals surface area contributed by atoms with Gasteiger partial charge in [-0.1, -0.05) is 54.6 Å². The highest BCUT2D eigenvalue weighted by Crippen LogP contribution is 2.29. The molecule has 1 saturated heterocycles. The van der Waals surface area contributed by atoms with E-state index in [0.717, 1.165) is 41.7 Å². The number of piperidine rings is 1. The summed E-state index contributed by atoms with van der Waals surface area (Å²) in [4.78, 5) is 26.8. The van der Waals surface area contributed by atoms with E-state index < -0.39 is 0 Å². The maximum absolute atomic E-state index is 13.4. The number of rotatable bonds is 11. The first-order valence-corrected chi connectivity index (χ1v) is 13.0. The average molecular weight is 503 g/mol. The minimum absolute atomic E-state index is 0.0768. The van der Waals surface area contributed by atoms with E-state index in [4.69, 9.17) is 10.5 Å². The lowest BCUT2D eigenvalue weighted by Crippen LogP contribution is -2.42. The van der Waals surface area contributed by atoms with E-state index in [1.54, 1.807) is 6.07 Å². The van der Waals surface area contributed by atoms with Gasteiger partial charge in [0.2, 0.25) is 11.8 Å². The van der Waals surface area contributed by atoms with E-state index in [1.165, 1.54) is 12.1 Å². The fourth-order valence-corrected chi connectivity index (χ4v) is 5.08. The van der Waals surface area contributed by atoms with Crippen LogP contribution < -0.4 is 10.5 Å². The van der Waals surface area contributed by atoms with Crippen LogP contribution in [-0.2, 0) is 29.0 Å². The maximum atomic E-state index is 13.4. The van der Waals surface area contributed by atoms with E-state index in [0.29, 0.717) is 39.0 Å². The minimum atomic E-state index is -0.282. The van der Waals surface area contributed by atoms with Gasteiger partial charge in [-0.3, -0.25) is 9.59 Å². The molecule has 1 unspecified atom stereocenters. The van der Waals surface area contributed by atoms with E-state index in [-0.39, 0.29) is 29.5 Å². The number of aryl methyl sites for hydroxylation is 2. The Morgan fingerprint density at radius 3 is 2.27 bits per heavy atom. The summed E-state index contributed by atoms with van der Waals surface area (Å²) in [6, 6.07) is 24.4. The molecule has 3 aromatic carbocycles. The van der Waals surface area contributed by atoms with Gasteiger partial charge in [-0.25, -0.2) is 4.39 Å². The van der Waals surface area contributed by atoms with Crippen LogP contribution in [-0.4, -0.2) is 29.8 Å². The molecule has 0 spiro atoms. The first-order chi connectivity index (χ1) is 18.0. The minimum Gasteiger partial charge on any atom is -0.489 e. The zero-order valence-corrected chi connectivity index (χ0v) is 21.2. The lowest BCUT2D eigenvalue weighted by molar-refractivity contribution is -0.133. The number of nitrogens with two attached hydrogens (primary N) is 1. The summed E-state index contributed by atoms with van der Waals surface area (Å²) < 4.78 is 19.2. The van der Waals surface area contributed by atoms with Crippen LogP contribution in [0.5, 0.6) is 5.75 Å². The number of carbonyl (C=O) groups excluding carboxylic acids is 2. The molecule has 0 aromatic heterocycles. The smallest absolute Gasteiger partial charge is 0.222 e. The summed E-state index contributed by atoms with van der Waals surface area (Å²) >= 11 is 0. The summed E-state index contributed by atoms with van der Waals surface area (Å²) in [7, 11) is 0. The molecule has 0 bridgehead atoms. The van der Waals surface area contributed by atoms with Crippen LogP contribution in [0.15, 0.2) is 78.9 Å². The van der Waals surface area contributed by atoms with Crippen LogP contribution in [0.3, 0.4) is 0 Å². The zero-order chi connectivity index (χ0) is 26.0. The lowest BCUT2D eigenvalue weighted by atomic mass is 9.80. The van der Waals surface area contributed by atoms with Gasteiger partial charge in [0.15, 0.2) is 0 Å². The van der Waals surface area contributed by atoms with Crippen molar-refractivity contribution < 1.29 is 18.7 Å². The summed E-state index contributed by atoms with van der Waals surface area (Å²) in [5, 5.41) is 0. The first kappa shape index (κ1) is 26.4. The largest absolute Gasteiger partial charge is 0.489 e. The van der Waals surface area contributed by atoms with Gasteiger partial charge in [-0.15, -0.1) is 0 Å². The van der Waals surface area contributed by atoms with Crippen LogP contribution >= 0.6 is 0 Å². The van der Waals surface area contributed by atoms with Gasteiger partial charge >= 0.3 is 0 Å². The van der Waals surface area contributed by atoms with Crippen LogP contribution in [0.4, 0.5) is 4.39 Å². The molecule has 6 heteroatoms. The van der Waals surface area contributed by atoms with E-state index >= 15 is 0 Å². The first-order valence-electron chi connectivity index (χ1n) is 13.0. The Morgan fingerprint density at radius 1 is 0.892 bits per heavy atom. The molecule has 0 aliphatic carbocycles. The van der Waals surface area contributed by atoms with Gasteiger partial charge < -0.3 is 15.4 Å². The lowest BCUT2D eigenvalue weighted by Gasteiger charge is -2.35. The Labute approximate surface area is 218 Å². The maximum Gasteiger partial charge on any atom is 0.222 e. The van der Waals surface area contributed by atoms with E-state index in [9.17, 15) is 14.0 Å². The molecular formula is C31H35FN2O3. The van der Waals surface area contributed by atoms with Gasteiger partial charge in [-0.05, 0) is 79.0 Å². The predicted molar refractivity (Wildman–Crippen MR) is 142 cm³/mol. The second-order valence-corrected chi connectivity index (χ2v) is 9.81. The monoisotopic (exact) mass is 502 g/mol. The normalized spacial score (nSPS) is 14.8. The molecule has 1 atom stereocenters. The van der Waals surface area contributed by atoms with Crippen molar-refractivity contribution in [2.75, 3.05) is 13.1 Å². The van der Waals surface area contributed by atoms with Crippen LogP contribution in [0.2, 0.25) is 0 Å². The van der Waals surface area contributed by atoms with Gasteiger partial charge in [-0.2, -0.15) is 0 Å². The van der Waals surface area contributed by atoms with Crippen molar-refractivity contribution in [3.8, 4) is 5.75 Å². The van der Waals surface area contributed by atoms with Crippen molar-refractivity contribution in [3.63, 3.8) is 0 Å². The Hall–Kier alpha value is -3.67. The summed E-state index contributed by atoms with van der Waals surface area (Å²) in [6.45, 7) is 1.78. The Balaban J connectivity index is 1.22. The quantitative estimate of drug-likeness (QED) is 0.386. The van der Waals surface area contributed by atoms with Crippen molar-refractivity contribution in [2.45, 2.75) is 45.1 Å². The molecular weight excluding hydrogens is 467 g/mol. The number of amides is 2. The zero-order valence-electron chi connectivity index (χ0n) is 21.2.